The Labute approximate surface area is 120 Å². The predicted molar refractivity (Wildman–Crippen MR) is 79.7 cm³/mol. The molecule has 0 fully saturated rings. The van der Waals surface area contributed by atoms with E-state index in [-0.39, 0.29) is 18.1 Å². The van der Waals surface area contributed by atoms with Crippen LogP contribution in [-0.2, 0) is 11.2 Å². The van der Waals surface area contributed by atoms with Crippen LogP contribution in [0, 0.1) is 0 Å². The number of amides is 1. The molecule has 1 aliphatic heterocycles. The van der Waals surface area contributed by atoms with Crippen molar-refractivity contribution in [2.24, 2.45) is 5.73 Å². The lowest BCUT2D eigenvalue weighted by molar-refractivity contribution is -0.140. The average molecular weight is 276 g/mol. The minimum Gasteiger partial charge on any atom is -0.480 e. The smallest absolute Gasteiger partial charge is 0.264 e. The van der Waals surface area contributed by atoms with Crippen LogP contribution in [0.5, 0.6) is 5.75 Å². The number of hydrogen-bond acceptors (Lipinski definition) is 3. The first-order valence-corrected chi connectivity index (χ1v) is 7.46. The number of carbonyl (C=O) groups is 1. The highest BCUT2D eigenvalue weighted by Crippen LogP contribution is 2.29. The molecule has 2 rings (SSSR count). The van der Waals surface area contributed by atoms with Gasteiger partial charge in [-0.2, -0.15) is 0 Å². The molecule has 0 radical (unpaired) electrons. The quantitative estimate of drug-likeness (QED) is 0.864. The van der Waals surface area contributed by atoms with Crippen LogP contribution >= 0.6 is 0 Å². The predicted octanol–water partition coefficient (Wildman–Crippen LogP) is 1.97. The zero-order valence-corrected chi connectivity index (χ0v) is 12.3. The summed E-state index contributed by atoms with van der Waals surface area (Å²) in [6.45, 7) is 5.30. The van der Waals surface area contributed by atoms with Crippen LogP contribution in [0.2, 0.25) is 0 Å². The van der Waals surface area contributed by atoms with Gasteiger partial charge in [0.15, 0.2) is 6.10 Å². The summed E-state index contributed by atoms with van der Waals surface area (Å²) in [5, 5.41) is 0. The third-order valence-corrected chi connectivity index (χ3v) is 3.96. The van der Waals surface area contributed by atoms with E-state index in [9.17, 15) is 4.79 Å². The summed E-state index contributed by atoms with van der Waals surface area (Å²) in [6.07, 6.45) is 2.17. The van der Waals surface area contributed by atoms with Gasteiger partial charge in [-0.25, -0.2) is 0 Å². The molecule has 4 heteroatoms. The molecule has 1 aromatic carbocycles. The number of hydrogen-bond donors (Lipinski definition) is 1. The minimum atomic E-state index is -0.389. The standard InChI is InChI=1S/C16H24N2O2/c1-3-13(4-2)18(10-9-17)16(19)15-11-12-7-5-6-8-14(12)20-15/h5-8,13,15H,3-4,9-11,17H2,1-2H3. The number of benzene rings is 1. The first-order chi connectivity index (χ1) is 9.71. The number of carbonyl (C=O) groups excluding carboxylic acids is 1. The third-order valence-electron chi connectivity index (χ3n) is 3.96. The molecule has 1 heterocycles. The first-order valence-electron chi connectivity index (χ1n) is 7.46. The van der Waals surface area contributed by atoms with E-state index in [1.54, 1.807) is 0 Å². The van der Waals surface area contributed by atoms with Gasteiger partial charge in [-0.15, -0.1) is 0 Å². The highest BCUT2D eigenvalue weighted by molar-refractivity contribution is 5.83. The number of ether oxygens (including phenoxy) is 1. The molecule has 0 saturated carbocycles. The molecule has 4 nitrogen and oxygen atoms in total. The van der Waals surface area contributed by atoms with E-state index in [0.717, 1.165) is 24.2 Å². The van der Waals surface area contributed by atoms with Gasteiger partial charge in [-0.05, 0) is 24.5 Å². The Hall–Kier alpha value is -1.55. The minimum absolute atomic E-state index is 0.0698. The number of rotatable bonds is 6. The van der Waals surface area contributed by atoms with Crippen molar-refractivity contribution in [3.8, 4) is 5.75 Å². The molecule has 0 spiro atoms. The molecule has 0 saturated heterocycles. The molecule has 1 amide bonds. The van der Waals surface area contributed by atoms with Gasteiger partial charge >= 0.3 is 0 Å². The van der Waals surface area contributed by atoms with Crippen molar-refractivity contribution in [3.05, 3.63) is 29.8 Å². The monoisotopic (exact) mass is 276 g/mol. The summed E-state index contributed by atoms with van der Waals surface area (Å²) in [5.41, 5.74) is 6.78. The zero-order chi connectivity index (χ0) is 14.5. The second-order valence-corrected chi connectivity index (χ2v) is 5.21. The Morgan fingerprint density at radius 2 is 2.10 bits per heavy atom. The largest absolute Gasteiger partial charge is 0.480 e. The molecule has 2 N–H and O–H groups in total. The molecular formula is C16H24N2O2. The van der Waals surface area contributed by atoms with Gasteiger partial charge in [0, 0.05) is 25.6 Å². The molecule has 110 valence electrons. The molecule has 1 aliphatic rings. The number of nitrogens with zero attached hydrogens (tertiary/aromatic N) is 1. The van der Waals surface area contributed by atoms with Crippen LogP contribution in [0.3, 0.4) is 0 Å². The van der Waals surface area contributed by atoms with Crippen molar-refractivity contribution < 1.29 is 9.53 Å². The molecule has 20 heavy (non-hydrogen) atoms. The highest BCUT2D eigenvalue weighted by atomic mass is 16.5. The molecule has 0 aliphatic carbocycles. The van der Waals surface area contributed by atoms with Gasteiger partial charge in [0.25, 0.3) is 5.91 Å². The van der Waals surface area contributed by atoms with Crippen LogP contribution < -0.4 is 10.5 Å². The summed E-state index contributed by atoms with van der Waals surface area (Å²) in [4.78, 5) is 14.6. The van der Waals surface area contributed by atoms with E-state index in [4.69, 9.17) is 10.5 Å². The van der Waals surface area contributed by atoms with E-state index in [1.807, 2.05) is 29.2 Å². The molecule has 0 bridgehead atoms. The van der Waals surface area contributed by atoms with Crippen LogP contribution in [0.4, 0.5) is 0 Å². The Kier molecular flexibility index (Phi) is 5.01. The van der Waals surface area contributed by atoms with Crippen molar-refractivity contribution in [1.29, 1.82) is 0 Å². The Balaban J connectivity index is 2.10. The Bertz CT molecular complexity index is 433. The summed E-state index contributed by atoms with van der Waals surface area (Å²) >= 11 is 0. The second-order valence-electron chi connectivity index (χ2n) is 5.21. The summed E-state index contributed by atoms with van der Waals surface area (Å²) in [6, 6.07) is 8.11. The fraction of sp³-hybridized carbons (Fsp3) is 0.562. The van der Waals surface area contributed by atoms with Crippen molar-refractivity contribution in [1.82, 2.24) is 4.90 Å². The first kappa shape index (κ1) is 14.9. The number of para-hydroxylation sites is 1. The number of nitrogens with two attached hydrogens (primary N) is 1. The summed E-state index contributed by atoms with van der Waals surface area (Å²) in [5.74, 6) is 0.906. The van der Waals surface area contributed by atoms with E-state index in [0.29, 0.717) is 19.5 Å². The third kappa shape index (κ3) is 2.96. The van der Waals surface area contributed by atoms with Crippen molar-refractivity contribution in [3.63, 3.8) is 0 Å². The maximum Gasteiger partial charge on any atom is 0.264 e. The fourth-order valence-corrected chi connectivity index (χ4v) is 2.85. The fourth-order valence-electron chi connectivity index (χ4n) is 2.85. The molecule has 1 atom stereocenters. The average Bonchev–Trinajstić information content (AvgIpc) is 2.90. The van der Waals surface area contributed by atoms with Crippen LogP contribution in [0.1, 0.15) is 32.3 Å². The topological polar surface area (TPSA) is 55.6 Å². The zero-order valence-electron chi connectivity index (χ0n) is 12.3. The van der Waals surface area contributed by atoms with Gasteiger partial charge in [-0.1, -0.05) is 32.0 Å². The van der Waals surface area contributed by atoms with Crippen molar-refractivity contribution in [2.45, 2.75) is 45.3 Å². The normalized spacial score (nSPS) is 16.9. The van der Waals surface area contributed by atoms with Crippen LogP contribution in [0.15, 0.2) is 24.3 Å². The lowest BCUT2D eigenvalue weighted by atomic mass is 10.1. The maximum atomic E-state index is 12.7. The van der Waals surface area contributed by atoms with Crippen LogP contribution in [0.25, 0.3) is 0 Å². The van der Waals surface area contributed by atoms with Gasteiger partial charge in [0.1, 0.15) is 5.75 Å². The van der Waals surface area contributed by atoms with Crippen LogP contribution in [-0.4, -0.2) is 36.0 Å². The lowest BCUT2D eigenvalue weighted by Gasteiger charge is -2.32. The van der Waals surface area contributed by atoms with E-state index >= 15 is 0 Å². The second kappa shape index (κ2) is 6.75. The van der Waals surface area contributed by atoms with E-state index < -0.39 is 0 Å². The van der Waals surface area contributed by atoms with E-state index in [1.165, 1.54) is 0 Å². The SMILES string of the molecule is CCC(CC)N(CCN)C(=O)C1Cc2ccccc2O1. The molecular weight excluding hydrogens is 252 g/mol. The highest BCUT2D eigenvalue weighted by Gasteiger charge is 2.33. The molecule has 1 unspecified atom stereocenters. The Morgan fingerprint density at radius 1 is 1.40 bits per heavy atom. The van der Waals surface area contributed by atoms with Gasteiger partial charge in [-0.3, -0.25) is 4.79 Å². The van der Waals surface area contributed by atoms with Gasteiger partial charge in [0.2, 0.25) is 0 Å². The molecule has 1 aromatic rings. The van der Waals surface area contributed by atoms with Gasteiger partial charge in [0.05, 0.1) is 0 Å². The van der Waals surface area contributed by atoms with Crippen molar-refractivity contribution >= 4 is 5.91 Å². The van der Waals surface area contributed by atoms with Gasteiger partial charge < -0.3 is 15.4 Å². The molecule has 0 aromatic heterocycles. The number of fused-ring (bicyclic) bond motifs is 1. The van der Waals surface area contributed by atoms with Crippen molar-refractivity contribution in [2.75, 3.05) is 13.1 Å². The maximum absolute atomic E-state index is 12.7. The summed E-state index contributed by atoms with van der Waals surface area (Å²) < 4.78 is 5.80. The summed E-state index contributed by atoms with van der Waals surface area (Å²) in [7, 11) is 0. The van der Waals surface area contributed by atoms with E-state index in [2.05, 4.69) is 13.8 Å². The lowest BCUT2D eigenvalue weighted by Crippen LogP contribution is -2.48. The Morgan fingerprint density at radius 3 is 2.70 bits per heavy atom.